The van der Waals surface area contributed by atoms with Gasteiger partial charge in [-0.2, -0.15) is 13.2 Å². The zero-order valence-corrected chi connectivity index (χ0v) is 11.8. The van der Waals surface area contributed by atoms with Crippen LogP contribution in [0.25, 0.3) is 11.1 Å². The molecule has 0 heterocycles. The molecule has 2 rings (SSSR count). The maximum Gasteiger partial charge on any atom is 0.416 e. The summed E-state index contributed by atoms with van der Waals surface area (Å²) in [4.78, 5) is 0. The van der Waals surface area contributed by atoms with Gasteiger partial charge in [-0.15, -0.1) is 12.4 Å². The molecular weight excluding hydrogens is 310 g/mol. The van der Waals surface area contributed by atoms with Gasteiger partial charge in [0.15, 0.2) is 0 Å². The molecule has 0 aliphatic rings. The third-order valence-electron chi connectivity index (χ3n) is 2.82. The molecule has 20 heavy (non-hydrogen) atoms. The summed E-state index contributed by atoms with van der Waals surface area (Å²) in [5.74, 6) is 0. The Balaban J connectivity index is 0.00000200. The van der Waals surface area contributed by atoms with Gasteiger partial charge in [-0.05, 0) is 23.3 Å². The average molecular weight is 322 g/mol. The van der Waals surface area contributed by atoms with E-state index in [4.69, 9.17) is 17.3 Å². The summed E-state index contributed by atoms with van der Waals surface area (Å²) < 4.78 is 38.8. The molecule has 0 saturated carbocycles. The summed E-state index contributed by atoms with van der Waals surface area (Å²) in [6.07, 6.45) is -4.42. The molecule has 2 aromatic carbocycles. The minimum Gasteiger partial charge on any atom is -0.326 e. The maximum absolute atomic E-state index is 12.9. The van der Waals surface area contributed by atoms with Crippen LogP contribution in [0, 0.1) is 0 Å². The van der Waals surface area contributed by atoms with Crippen LogP contribution in [0.15, 0.2) is 42.5 Å². The zero-order chi connectivity index (χ0) is 14.0. The molecule has 0 spiro atoms. The van der Waals surface area contributed by atoms with E-state index in [2.05, 4.69) is 0 Å². The van der Waals surface area contributed by atoms with Crippen molar-refractivity contribution in [2.75, 3.05) is 0 Å². The fraction of sp³-hybridized carbons (Fsp3) is 0.143. The lowest BCUT2D eigenvalue weighted by atomic mass is 9.98. The monoisotopic (exact) mass is 321 g/mol. The van der Waals surface area contributed by atoms with E-state index in [1.165, 1.54) is 6.07 Å². The van der Waals surface area contributed by atoms with Crippen LogP contribution in [-0.2, 0) is 12.7 Å². The molecule has 0 aliphatic carbocycles. The highest BCUT2D eigenvalue weighted by molar-refractivity contribution is 6.33. The fourth-order valence-electron chi connectivity index (χ4n) is 1.88. The fourth-order valence-corrected chi connectivity index (χ4v) is 2.13. The molecule has 1 nitrogen and oxygen atoms in total. The Morgan fingerprint density at radius 1 is 1.05 bits per heavy atom. The summed E-state index contributed by atoms with van der Waals surface area (Å²) in [6, 6.07) is 10.8. The molecule has 0 fully saturated rings. The molecule has 6 heteroatoms. The van der Waals surface area contributed by atoms with Gasteiger partial charge in [-0.1, -0.05) is 41.9 Å². The Morgan fingerprint density at radius 3 is 2.25 bits per heavy atom. The molecule has 108 valence electrons. The Morgan fingerprint density at radius 2 is 1.70 bits per heavy atom. The number of benzene rings is 2. The van der Waals surface area contributed by atoms with Gasteiger partial charge in [0.25, 0.3) is 0 Å². The highest BCUT2D eigenvalue weighted by Gasteiger charge is 2.33. The summed E-state index contributed by atoms with van der Waals surface area (Å²) in [6.45, 7) is -0.155. The standard InChI is InChI=1S/C14H11ClF3N.ClH/c15-13-4-2-1-3-11(13)9-5-6-10(8-19)12(7-9)14(16,17)18;/h1-7H,8,19H2;1H. The van der Waals surface area contributed by atoms with Crippen LogP contribution in [0.4, 0.5) is 13.2 Å². The minimum absolute atomic E-state index is 0. The third kappa shape index (κ3) is 3.45. The van der Waals surface area contributed by atoms with Gasteiger partial charge in [0.2, 0.25) is 0 Å². The number of alkyl halides is 3. The van der Waals surface area contributed by atoms with Crippen molar-refractivity contribution >= 4 is 24.0 Å². The van der Waals surface area contributed by atoms with Crippen LogP contribution in [0.5, 0.6) is 0 Å². The molecule has 2 aromatic rings. The van der Waals surface area contributed by atoms with Crippen molar-refractivity contribution in [1.29, 1.82) is 0 Å². The van der Waals surface area contributed by atoms with Crippen LogP contribution in [0.2, 0.25) is 5.02 Å². The van der Waals surface area contributed by atoms with E-state index in [0.717, 1.165) is 6.07 Å². The normalized spacial score (nSPS) is 11.1. The topological polar surface area (TPSA) is 26.0 Å². The van der Waals surface area contributed by atoms with Crippen molar-refractivity contribution in [2.24, 2.45) is 5.73 Å². The highest BCUT2D eigenvalue weighted by Crippen LogP contribution is 2.36. The largest absolute Gasteiger partial charge is 0.416 e. The molecule has 0 saturated heterocycles. The lowest BCUT2D eigenvalue weighted by Gasteiger charge is -2.14. The van der Waals surface area contributed by atoms with Gasteiger partial charge in [0, 0.05) is 17.1 Å². The van der Waals surface area contributed by atoms with Crippen LogP contribution >= 0.6 is 24.0 Å². The highest BCUT2D eigenvalue weighted by atomic mass is 35.5. The minimum atomic E-state index is -4.42. The second-order valence-electron chi connectivity index (χ2n) is 4.05. The first-order chi connectivity index (χ1) is 8.93. The molecule has 0 aromatic heterocycles. The Labute approximate surface area is 126 Å². The van der Waals surface area contributed by atoms with E-state index in [-0.39, 0.29) is 24.5 Å². The first kappa shape index (κ1) is 16.8. The van der Waals surface area contributed by atoms with E-state index >= 15 is 0 Å². The molecule has 0 unspecified atom stereocenters. The smallest absolute Gasteiger partial charge is 0.326 e. The van der Waals surface area contributed by atoms with E-state index in [9.17, 15) is 13.2 Å². The molecule has 0 bridgehead atoms. The summed E-state index contributed by atoms with van der Waals surface area (Å²) >= 11 is 5.99. The van der Waals surface area contributed by atoms with Gasteiger partial charge in [0.1, 0.15) is 0 Å². The predicted octanol–water partition coefficient (Wildman–Crippen LogP) is 4.91. The third-order valence-corrected chi connectivity index (χ3v) is 3.15. The van der Waals surface area contributed by atoms with Gasteiger partial charge in [-0.3, -0.25) is 0 Å². The van der Waals surface area contributed by atoms with Crippen LogP contribution in [-0.4, -0.2) is 0 Å². The van der Waals surface area contributed by atoms with E-state index < -0.39 is 11.7 Å². The molecule has 0 aliphatic heterocycles. The van der Waals surface area contributed by atoms with Crippen molar-refractivity contribution in [3.63, 3.8) is 0 Å². The van der Waals surface area contributed by atoms with Crippen LogP contribution in [0.3, 0.4) is 0 Å². The Kier molecular flexibility index (Phi) is 5.45. The summed E-state index contributed by atoms with van der Waals surface area (Å²) in [5, 5.41) is 0.413. The second-order valence-corrected chi connectivity index (χ2v) is 4.46. The summed E-state index contributed by atoms with van der Waals surface area (Å²) in [7, 11) is 0. The molecular formula is C14H12Cl2F3N. The maximum atomic E-state index is 12.9. The zero-order valence-electron chi connectivity index (χ0n) is 10.2. The van der Waals surface area contributed by atoms with Gasteiger partial charge in [-0.25, -0.2) is 0 Å². The molecule has 0 radical (unpaired) electrons. The molecule has 0 atom stereocenters. The van der Waals surface area contributed by atoms with Crippen LogP contribution in [0.1, 0.15) is 11.1 Å². The van der Waals surface area contributed by atoms with Crippen LogP contribution < -0.4 is 5.73 Å². The van der Waals surface area contributed by atoms with Gasteiger partial charge in [0.05, 0.1) is 5.56 Å². The number of hydrogen-bond donors (Lipinski definition) is 1. The molecule has 0 amide bonds. The van der Waals surface area contributed by atoms with Crippen molar-refractivity contribution in [1.82, 2.24) is 0 Å². The number of hydrogen-bond acceptors (Lipinski definition) is 1. The van der Waals surface area contributed by atoms with E-state index in [1.54, 1.807) is 30.3 Å². The van der Waals surface area contributed by atoms with Crippen molar-refractivity contribution in [3.05, 3.63) is 58.6 Å². The van der Waals surface area contributed by atoms with Crippen molar-refractivity contribution in [2.45, 2.75) is 12.7 Å². The van der Waals surface area contributed by atoms with Gasteiger partial charge >= 0.3 is 6.18 Å². The summed E-state index contributed by atoms with van der Waals surface area (Å²) in [5.41, 5.74) is 5.69. The quantitative estimate of drug-likeness (QED) is 0.835. The predicted molar refractivity (Wildman–Crippen MR) is 77.0 cm³/mol. The van der Waals surface area contributed by atoms with Gasteiger partial charge < -0.3 is 5.73 Å². The van der Waals surface area contributed by atoms with E-state index in [1.807, 2.05) is 0 Å². The Hall–Kier alpha value is -1.23. The van der Waals surface area contributed by atoms with Crippen molar-refractivity contribution < 1.29 is 13.2 Å². The first-order valence-electron chi connectivity index (χ1n) is 5.58. The van der Waals surface area contributed by atoms with E-state index in [0.29, 0.717) is 16.1 Å². The average Bonchev–Trinajstić information content (AvgIpc) is 2.37. The Bertz CT molecular complexity index is 597. The lowest BCUT2D eigenvalue weighted by molar-refractivity contribution is -0.138. The number of rotatable bonds is 2. The molecule has 2 N–H and O–H groups in total. The first-order valence-corrected chi connectivity index (χ1v) is 5.96. The number of halogens is 5. The van der Waals surface area contributed by atoms with Crippen molar-refractivity contribution in [3.8, 4) is 11.1 Å². The lowest BCUT2D eigenvalue weighted by Crippen LogP contribution is -2.12. The second kappa shape index (κ2) is 6.48. The number of nitrogens with two attached hydrogens (primary N) is 1. The SMILES string of the molecule is Cl.NCc1ccc(-c2ccccc2Cl)cc1C(F)(F)F.